The minimum absolute atomic E-state index is 0.175. The number of allylic oxidation sites excluding steroid dienone is 1. The van der Waals surface area contributed by atoms with Crippen molar-refractivity contribution in [1.82, 2.24) is 0 Å². The predicted octanol–water partition coefficient (Wildman–Crippen LogP) is 6.84. The molecule has 1 heterocycles. The zero-order valence-electron chi connectivity index (χ0n) is 14.4. The van der Waals surface area contributed by atoms with Gasteiger partial charge in [0.15, 0.2) is 5.76 Å². The van der Waals surface area contributed by atoms with Crippen LogP contribution in [0.5, 0.6) is 11.5 Å². The molecule has 28 heavy (non-hydrogen) atoms. The maximum absolute atomic E-state index is 12.6. The number of carbonyl (C=O) groups excluding carboxylic acids is 1. The van der Waals surface area contributed by atoms with E-state index in [-0.39, 0.29) is 11.5 Å². The molecule has 0 saturated carbocycles. The molecule has 3 aromatic rings. The van der Waals surface area contributed by atoms with Gasteiger partial charge >= 0.3 is 0 Å². The summed E-state index contributed by atoms with van der Waals surface area (Å²) in [7, 11) is 0. The molecule has 0 aliphatic carbocycles. The number of benzene rings is 3. The van der Waals surface area contributed by atoms with E-state index in [4.69, 9.17) is 44.3 Å². The molecule has 0 bridgehead atoms. The standard InChI is InChI=1S/C22H13Cl3O3/c23-15-3-1-2-13(8-15)10-21-22(26)17-6-5-16(11-20(17)28-21)27-12-14-4-7-18(24)19(25)9-14/h1-11H,12H2. The Labute approximate surface area is 177 Å². The Morgan fingerprint density at radius 3 is 2.57 bits per heavy atom. The first kappa shape index (κ1) is 18.9. The zero-order chi connectivity index (χ0) is 19.7. The van der Waals surface area contributed by atoms with Gasteiger partial charge in [0.2, 0.25) is 5.78 Å². The van der Waals surface area contributed by atoms with E-state index in [0.717, 1.165) is 11.1 Å². The van der Waals surface area contributed by atoms with Gasteiger partial charge in [-0.2, -0.15) is 0 Å². The molecule has 0 aromatic heterocycles. The lowest BCUT2D eigenvalue weighted by Crippen LogP contribution is -1.98. The third-order valence-electron chi connectivity index (χ3n) is 4.18. The molecule has 0 N–H and O–H groups in total. The highest BCUT2D eigenvalue weighted by molar-refractivity contribution is 6.42. The lowest BCUT2D eigenvalue weighted by atomic mass is 10.1. The summed E-state index contributed by atoms with van der Waals surface area (Å²) in [5.74, 6) is 1.12. The first-order valence-corrected chi connectivity index (χ1v) is 9.53. The Morgan fingerprint density at radius 1 is 0.929 bits per heavy atom. The molecule has 0 radical (unpaired) electrons. The Morgan fingerprint density at radius 2 is 1.79 bits per heavy atom. The second-order valence-corrected chi connectivity index (χ2v) is 7.44. The highest BCUT2D eigenvalue weighted by atomic mass is 35.5. The van der Waals surface area contributed by atoms with E-state index in [1.165, 1.54) is 0 Å². The lowest BCUT2D eigenvalue weighted by Gasteiger charge is -2.08. The summed E-state index contributed by atoms with van der Waals surface area (Å²) < 4.78 is 11.5. The van der Waals surface area contributed by atoms with Gasteiger partial charge in [0, 0.05) is 11.1 Å². The number of rotatable bonds is 4. The molecular weight excluding hydrogens is 419 g/mol. The van der Waals surface area contributed by atoms with E-state index in [1.54, 1.807) is 48.5 Å². The van der Waals surface area contributed by atoms with Gasteiger partial charge in [-0.05, 0) is 53.6 Å². The minimum Gasteiger partial charge on any atom is -0.489 e. The number of ketones is 1. The molecular formula is C22H13Cl3O3. The summed E-state index contributed by atoms with van der Waals surface area (Å²) in [5.41, 5.74) is 2.17. The second kappa shape index (κ2) is 7.88. The normalized spacial score (nSPS) is 14.1. The van der Waals surface area contributed by atoms with Gasteiger partial charge in [0.05, 0.1) is 15.6 Å². The van der Waals surface area contributed by atoms with Gasteiger partial charge in [0.25, 0.3) is 0 Å². The highest BCUT2D eigenvalue weighted by Crippen LogP contribution is 2.35. The fourth-order valence-corrected chi connectivity index (χ4v) is 3.32. The first-order chi connectivity index (χ1) is 13.5. The minimum atomic E-state index is -0.175. The number of carbonyl (C=O) groups is 1. The van der Waals surface area contributed by atoms with Crippen LogP contribution in [-0.4, -0.2) is 5.78 Å². The summed E-state index contributed by atoms with van der Waals surface area (Å²) in [4.78, 5) is 12.6. The summed E-state index contributed by atoms with van der Waals surface area (Å²) in [6.07, 6.45) is 1.67. The van der Waals surface area contributed by atoms with Crippen molar-refractivity contribution in [3.63, 3.8) is 0 Å². The molecule has 0 spiro atoms. The molecule has 1 aliphatic rings. The van der Waals surface area contributed by atoms with E-state index in [0.29, 0.717) is 38.7 Å². The Hall–Kier alpha value is -2.46. The fourth-order valence-electron chi connectivity index (χ4n) is 2.80. The van der Waals surface area contributed by atoms with Crippen LogP contribution in [-0.2, 0) is 6.61 Å². The molecule has 3 aromatic carbocycles. The van der Waals surface area contributed by atoms with E-state index < -0.39 is 0 Å². The Kier molecular flexibility index (Phi) is 5.31. The van der Waals surface area contributed by atoms with Gasteiger partial charge in [-0.1, -0.05) is 53.0 Å². The third-order valence-corrected chi connectivity index (χ3v) is 5.15. The van der Waals surface area contributed by atoms with Crippen molar-refractivity contribution in [3.05, 3.63) is 98.2 Å². The molecule has 140 valence electrons. The third kappa shape index (κ3) is 4.02. The van der Waals surface area contributed by atoms with Crippen molar-refractivity contribution in [1.29, 1.82) is 0 Å². The van der Waals surface area contributed by atoms with E-state index in [9.17, 15) is 4.79 Å². The van der Waals surface area contributed by atoms with Crippen LogP contribution in [0.25, 0.3) is 6.08 Å². The highest BCUT2D eigenvalue weighted by Gasteiger charge is 2.27. The molecule has 0 atom stereocenters. The van der Waals surface area contributed by atoms with Crippen molar-refractivity contribution in [3.8, 4) is 11.5 Å². The quantitative estimate of drug-likeness (QED) is 0.424. The molecule has 3 nitrogen and oxygen atoms in total. The van der Waals surface area contributed by atoms with Crippen LogP contribution in [0, 0.1) is 0 Å². The van der Waals surface area contributed by atoms with Gasteiger partial charge in [-0.3, -0.25) is 4.79 Å². The van der Waals surface area contributed by atoms with E-state index >= 15 is 0 Å². The topological polar surface area (TPSA) is 35.5 Å². The number of ether oxygens (including phenoxy) is 2. The van der Waals surface area contributed by atoms with Crippen molar-refractivity contribution >= 4 is 46.7 Å². The van der Waals surface area contributed by atoms with Crippen LogP contribution in [0.15, 0.2) is 66.4 Å². The molecule has 4 rings (SSSR count). The van der Waals surface area contributed by atoms with Crippen LogP contribution in [0.1, 0.15) is 21.5 Å². The van der Waals surface area contributed by atoms with Gasteiger partial charge in [-0.25, -0.2) is 0 Å². The molecule has 0 saturated heterocycles. The number of hydrogen-bond donors (Lipinski definition) is 0. The summed E-state index contributed by atoms with van der Waals surface area (Å²) in [6, 6.07) is 17.6. The predicted molar refractivity (Wildman–Crippen MR) is 112 cm³/mol. The fraction of sp³-hybridized carbons (Fsp3) is 0.0455. The van der Waals surface area contributed by atoms with Gasteiger partial charge in [-0.15, -0.1) is 0 Å². The van der Waals surface area contributed by atoms with Crippen LogP contribution < -0.4 is 9.47 Å². The monoisotopic (exact) mass is 430 g/mol. The molecule has 6 heteroatoms. The summed E-state index contributed by atoms with van der Waals surface area (Å²) >= 11 is 17.9. The SMILES string of the molecule is O=C1C(=Cc2cccc(Cl)c2)Oc2cc(OCc3ccc(Cl)c(Cl)c3)ccc21. The summed E-state index contributed by atoms with van der Waals surface area (Å²) in [5, 5.41) is 1.56. The van der Waals surface area contributed by atoms with Crippen LogP contribution in [0.3, 0.4) is 0 Å². The number of Topliss-reactive ketones (excluding diaryl/α,β-unsaturated/α-hetero) is 1. The van der Waals surface area contributed by atoms with Crippen LogP contribution >= 0.6 is 34.8 Å². The maximum atomic E-state index is 12.6. The average Bonchev–Trinajstić information content (AvgIpc) is 2.98. The van der Waals surface area contributed by atoms with Crippen molar-refractivity contribution in [2.24, 2.45) is 0 Å². The largest absolute Gasteiger partial charge is 0.489 e. The van der Waals surface area contributed by atoms with E-state index in [1.807, 2.05) is 18.2 Å². The van der Waals surface area contributed by atoms with Crippen molar-refractivity contribution < 1.29 is 14.3 Å². The maximum Gasteiger partial charge on any atom is 0.231 e. The number of halogens is 3. The van der Waals surface area contributed by atoms with Crippen molar-refractivity contribution in [2.45, 2.75) is 6.61 Å². The van der Waals surface area contributed by atoms with Gasteiger partial charge in [0.1, 0.15) is 18.1 Å². The molecule has 0 unspecified atom stereocenters. The first-order valence-electron chi connectivity index (χ1n) is 8.40. The Bertz CT molecular complexity index is 1110. The van der Waals surface area contributed by atoms with E-state index in [2.05, 4.69) is 0 Å². The molecule has 0 fully saturated rings. The number of hydrogen-bond acceptors (Lipinski definition) is 3. The van der Waals surface area contributed by atoms with Crippen LogP contribution in [0.4, 0.5) is 0 Å². The smallest absolute Gasteiger partial charge is 0.231 e. The summed E-state index contributed by atoms with van der Waals surface area (Å²) in [6.45, 7) is 0.314. The Balaban J connectivity index is 1.51. The van der Waals surface area contributed by atoms with Crippen LogP contribution in [0.2, 0.25) is 15.1 Å². The van der Waals surface area contributed by atoms with Gasteiger partial charge < -0.3 is 9.47 Å². The molecule has 0 amide bonds. The average molecular weight is 432 g/mol. The second-order valence-electron chi connectivity index (χ2n) is 6.19. The number of fused-ring (bicyclic) bond motifs is 1. The lowest BCUT2D eigenvalue weighted by molar-refractivity contribution is 0.101. The molecule has 1 aliphatic heterocycles. The van der Waals surface area contributed by atoms with Crippen molar-refractivity contribution in [2.75, 3.05) is 0 Å². The zero-order valence-corrected chi connectivity index (χ0v) is 16.7.